The number of allylic oxidation sites excluding steroid dienone is 1. The molecule has 0 saturated carbocycles. The van der Waals surface area contributed by atoms with E-state index in [0.717, 1.165) is 54.9 Å². The van der Waals surface area contributed by atoms with Crippen LogP contribution in [0.3, 0.4) is 0 Å². The number of nitrogens with zero attached hydrogens (tertiary/aromatic N) is 3. The van der Waals surface area contributed by atoms with Crippen molar-refractivity contribution in [3.63, 3.8) is 0 Å². The summed E-state index contributed by atoms with van der Waals surface area (Å²) in [6.07, 6.45) is 5.53. The molecular formula is C26H36N6O2. The van der Waals surface area contributed by atoms with Crippen LogP contribution in [0.1, 0.15) is 54.4 Å². The summed E-state index contributed by atoms with van der Waals surface area (Å²) in [5.41, 5.74) is 15.1. The van der Waals surface area contributed by atoms with Gasteiger partial charge in [-0.05, 0) is 55.8 Å². The van der Waals surface area contributed by atoms with Gasteiger partial charge in [-0.3, -0.25) is 9.59 Å². The highest BCUT2D eigenvalue weighted by Gasteiger charge is 2.37. The van der Waals surface area contributed by atoms with E-state index in [4.69, 9.17) is 11.5 Å². The first-order valence-electron chi connectivity index (χ1n) is 12.2. The predicted octanol–water partition coefficient (Wildman–Crippen LogP) is 1.95. The zero-order valence-electron chi connectivity index (χ0n) is 20.0. The third-order valence-corrected chi connectivity index (χ3v) is 7.35. The van der Waals surface area contributed by atoms with Crippen molar-refractivity contribution in [3.8, 4) is 0 Å². The topological polar surface area (TPSA) is 117 Å². The minimum Gasteiger partial charge on any atom is -0.402 e. The average Bonchev–Trinajstić information content (AvgIpc) is 3.48. The van der Waals surface area contributed by atoms with Crippen LogP contribution in [-0.4, -0.2) is 66.2 Å². The van der Waals surface area contributed by atoms with Crippen LogP contribution in [0.4, 0.5) is 0 Å². The highest BCUT2D eigenvalue weighted by Crippen LogP contribution is 2.32. The van der Waals surface area contributed by atoms with Crippen LogP contribution in [0.2, 0.25) is 0 Å². The zero-order chi connectivity index (χ0) is 24.2. The van der Waals surface area contributed by atoms with Gasteiger partial charge in [-0.1, -0.05) is 25.6 Å². The summed E-state index contributed by atoms with van der Waals surface area (Å²) in [5.74, 6) is 0.653. The number of hydrogen-bond donors (Lipinski definition) is 3. The second kappa shape index (κ2) is 10.4. The van der Waals surface area contributed by atoms with Crippen molar-refractivity contribution in [2.75, 3.05) is 32.7 Å². The number of nitrogens with one attached hydrogen (secondary N) is 1. The molecule has 5 N–H and O–H groups in total. The number of carbonyl (C=O) groups is 2. The minimum atomic E-state index is -0.464. The third kappa shape index (κ3) is 4.87. The molecule has 0 aromatic heterocycles. The van der Waals surface area contributed by atoms with Crippen molar-refractivity contribution in [2.24, 2.45) is 22.4 Å². The van der Waals surface area contributed by atoms with Gasteiger partial charge in [0, 0.05) is 55.3 Å². The normalized spacial score (nSPS) is 24.4. The third-order valence-electron chi connectivity index (χ3n) is 7.35. The Hall–Kier alpha value is -3.13. The lowest BCUT2D eigenvalue weighted by Crippen LogP contribution is -2.53. The van der Waals surface area contributed by atoms with Crippen LogP contribution in [0, 0.1) is 5.92 Å². The number of benzene rings is 1. The van der Waals surface area contributed by atoms with E-state index in [0.29, 0.717) is 37.7 Å². The van der Waals surface area contributed by atoms with Crippen molar-refractivity contribution < 1.29 is 9.59 Å². The van der Waals surface area contributed by atoms with Crippen LogP contribution in [-0.2, 0) is 4.79 Å². The lowest BCUT2D eigenvalue weighted by Gasteiger charge is -2.39. The van der Waals surface area contributed by atoms with Gasteiger partial charge in [0.05, 0.1) is 5.92 Å². The summed E-state index contributed by atoms with van der Waals surface area (Å²) in [4.78, 5) is 34.0. The van der Waals surface area contributed by atoms with Gasteiger partial charge >= 0.3 is 0 Å². The summed E-state index contributed by atoms with van der Waals surface area (Å²) >= 11 is 0. The maximum atomic E-state index is 13.8. The van der Waals surface area contributed by atoms with Crippen LogP contribution < -0.4 is 16.8 Å². The first kappa shape index (κ1) is 24.0. The van der Waals surface area contributed by atoms with E-state index >= 15 is 0 Å². The summed E-state index contributed by atoms with van der Waals surface area (Å²) < 4.78 is 0. The number of hydrogen-bond acceptors (Lipinski definition) is 5. The van der Waals surface area contributed by atoms with Crippen LogP contribution >= 0.6 is 0 Å². The molecule has 8 nitrogen and oxygen atoms in total. The number of nitrogens with two attached hydrogens (primary N) is 2. The van der Waals surface area contributed by atoms with Crippen molar-refractivity contribution in [3.05, 3.63) is 59.4 Å². The number of primary amides is 1. The van der Waals surface area contributed by atoms with E-state index in [1.807, 2.05) is 17.0 Å². The number of rotatable bonds is 6. The second-order valence-electron chi connectivity index (χ2n) is 9.49. The molecule has 4 rings (SSSR count). The summed E-state index contributed by atoms with van der Waals surface area (Å²) in [6.45, 7) is 9.56. The molecule has 34 heavy (non-hydrogen) atoms. The van der Waals surface area contributed by atoms with Gasteiger partial charge in [0.2, 0.25) is 11.8 Å². The number of carbonyl (C=O) groups excluding carboxylic acids is 2. The van der Waals surface area contributed by atoms with Gasteiger partial charge in [-0.15, -0.1) is 0 Å². The average molecular weight is 465 g/mol. The number of amides is 2. The molecule has 2 saturated heterocycles. The van der Waals surface area contributed by atoms with Gasteiger partial charge in [-0.25, -0.2) is 4.99 Å². The lowest BCUT2D eigenvalue weighted by molar-refractivity contribution is -0.134. The minimum absolute atomic E-state index is 0.0899. The van der Waals surface area contributed by atoms with Gasteiger partial charge in [-0.2, -0.15) is 0 Å². The number of piperazine rings is 1. The van der Waals surface area contributed by atoms with E-state index in [1.165, 1.54) is 0 Å². The highest BCUT2D eigenvalue weighted by atomic mass is 16.2. The van der Waals surface area contributed by atoms with E-state index in [1.54, 1.807) is 18.3 Å². The van der Waals surface area contributed by atoms with Gasteiger partial charge in [0.25, 0.3) is 0 Å². The highest BCUT2D eigenvalue weighted by molar-refractivity contribution is 6.00. The predicted molar refractivity (Wildman–Crippen MR) is 134 cm³/mol. The number of amidine groups is 1. The van der Waals surface area contributed by atoms with E-state index < -0.39 is 5.91 Å². The molecule has 3 aliphatic rings. The molecule has 0 spiro atoms. The SMILES string of the molecule is C=CN=C(C1=C(N)CC[C@H]1C)N1CCN(C(=O)[C@@H](c2ccc(C(N)=O)cc2)[C@@H]2CCCN2)CC1. The molecule has 2 heterocycles. The Morgan fingerprint density at radius 3 is 2.35 bits per heavy atom. The van der Waals surface area contributed by atoms with E-state index in [-0.39, 0.29) is 17.9 Å². The van der Waals surface area contributed by atoms with Crippen molar-refractivity contribution in [1.29, 1.82) is 0 Å². The first-order chi connectivity index (χ1) is 16.4. The standard InChI is InChI=1S/C26H36N6O2/c1-3-29-25(22-17(2)6-11-20(22)27)31-13-15-32(16-14-31)26(34)23(21-5-4-12-30-21)18-7-9-19(10-8-18)24(28)33/h3,7-10,17,21,23,30H,1,4-6,11-16,27H2,2H3,(H2,28,33)/t17-,21+,23+/m1/s1. The molecule has 0 unspecified atom stereocenters. The smallest absolute Gasteiger partial charge is 0.248 e. The van der Waals surface area contributed by atoms with Crippen LogP contribution in [0.15, 0.2) is 53.3 Å². The molecule has 3 atom stereocenters. The zero-order valence-corrected chi connectivity index (χ0v) is 20.0. The Kier molecular flexibility index (Phi) is 7.36. The Bertz CT molecular complexity index is 985. The van der Waals surface area contributed by atoms with Crippen LogP contribution in [0.5, 0.6) is 0 Å². The van der Waals surface area contributed by atoms with Gasteiger partial charge < -0.3 is 26.6 Å². The Labute approximate surface area is 201 Å². The Morgan fingerprint density at radius 1 is 1.15 bits per heavy atom. The van der Waals surface area contributed by atoms with Gasteiger partial charge in [0.1, 0.15) is 5.84 Å². The van der Waals surface area contributed by atoms with E-state index in [2.05, 4.69) is 28.7 Å². The molecular weight excluding hydrogens is 428 g/mol. The molecule has 1 aromatic rings. The molecule has 2 aliphatic heterocycles. The molecule has 0 bridgehead atoms. The summed E-state index contributed by atoms with van der Waals surface area (Å²) in [7, 11) is 0. The summed E-state index contributed by atoms with van der Waals surface area (Å²) in [6, 6.07) is 7.25. The maximum absolute atomic E-state index is 13.8. The lowest BCUT2D eigenvalue weighted by atomic mass is 9.88. The monoisotopic (exact) mass is 464 g/mol. The van der Waals surface area contributed by atoms with Gasteiger partial charge in [0.15, 0.2) is 0 Å². The summed E-state index contributed by atoms with van der Waals surface area (Å²) in [5, 5.41) is 3.50. The molecule has 2 amide bonds. The molecule has 8 heteroatoms. The Morgan fingerprint density at radius 2 is 1.82 bits per heavy atom. The maximum Gasteiger partial charge on any atom is 0.248 e. The first-order valence-corrected chi connectivity index (χ1v) is 12.2. The van der Waals surface area contributed by atoms with Crippen molar-refractivity contribution >= 4 is 17.6 Å². The second-order valence-corrected chi connectivity index (χ2v) is 9.49. The van der Waals surface area contributed by atoms with Crippen molar-refractivity contribution in [2.45, 2.75) is 44.6 Å². The van der Waals surface area contributed by atoms with E-state index in [9.17, 15) is 9.59 Å². The fraction of sp³-hybridized carbons (Fsp3) is 0.500. The Balaban J connectivity index is 1.50. The molecule has 1 aromatic carbocycles. The fourth-order valence-corrected chi connectivity index (χ4v) is 5.47. The van der Waals surface area contributed by atoms with Crippen LogP contribution in [0.25, 0.3) is 0 Å². The quantitative estimate of drug-likeness (QED) is 0.439. The largest absolute Gasteiger partial charge is 0.402 e. The fourth-order valence-electron chi connectivity index (χ4n) is 5.47. The molecule has 1 aliphatic carbocycles. The molecule has 0 radical (unpaired) electrons. The number of aliphatic imine (C=N–C) groups is 1. The molecule has 2 fully saturated rings. The molecule has 182 valence electrons. The van der Waals surface area contributed by atoms with Crippen molar-refractivity contribution in [1.82, 2.24) is 15.1 Å².